The molecule has 146 valence electrons. The molecule has 1 amide bonds. The molecule has 0 spiro atoms. The van der Waals surface area contributed by atoms with Gasteiger partial charge in [0.05, 0.1) is 16.8 Å². The number of carbonyl (C=O) groups excluding carboxylic acids is 1. The molecule has 28 heavy (non-hydrogen) atoms. The van der Waals surface area contributed by atoms with Crippen LogP contribution in [0.4, 0.5) is 8.78 Å². The third-order valence-electron chi connectivity index (χ3n) is 5.93. The number of benzene rings is 2. The van der Waals surface area contributed by atoms with E-state index in [0.29, 0.717) is 16.6 Å². The monoisotopic (exact) mass is 385 g/mol. The molecule has 0 radical (unpaired) electrons. The van der Waals surface area contributed by atoms with Crippen LogP contribution in [0.25, 0.3) is 0 Å². The van der Waals surface area contributed by atoms with Crippen LogP contribution in [0.2, 0.25) is 0 Å². The first-order chi connectivity index (χ1) is 13.1. The van der Waals surface area contributed by atoms with Gasteiger partial charge in [-0.05, 0) is 50.9 Å². The van der Waals surface area contributed by atoms with Gasteiger partial charge in [-0.2, -0.15) is 0 Å². The van der Waals surface area contributed by atoms with E-state index in [1.165, 1.54) is 17.0 Å². The zero-order valence-electron chi connectivity index (χ0n) is 16.4. The maximum absolute atomic E-state index is 14.8. The van der Waals surface area contributed by atoms with Crippen LogP contribution in [0, 0.1) is 11.6 Å². The van der Waals surface area contributed by atoms with Crippen molar-refractivity contribution in [1.29, 1.82) is 0 Å². The summed E-state index contributed by atoms with van der Waals surface area (Å²) < 4.78 is 40.6. The summed E-state index contributed by atoms with van der Waals surface area (Å²) in [6, 6.07) is 9.31. The van der Waals surface area contributed by atoms with Crippen molar-refractivity contribution < 1.29 is 22.9 Å². The molecule has 2 aromatic carbocycles. The molecule has 0 atom stereocenters. The molecule has 0 saturated carbocycles. The molecule has 0 unspecified atom stereocenters. The largest absolute Gasteiger partial charge is 0.494 e. The van der Waals surface area contributed by atoms with Crippen LogP contribution in [0.5, 0.6) is 0 Å². The summed E-state index contributed by atoms with van der Waals surface area (Å²) in [5.74, 6) is -1.40. The van der Waals surface area contributed by atoms with E-state index in [-0.39, 0.29) is 18.7 Å². The van der Waals surface area contributed by atoms with Crippen LogP contribution in [-0.2, 0) is 22.4 Å². The molecule has 7 heteroatoms. The summed E-state index contributed by atoms with van der Waals surface area (Å²) in [5, 5.41) is 0. The fourth-order valence-electron chi connectivity index (χ4n) is 3.53. The third kappa shape index (κ3) is 3.03. The normalized spacial score (nSPS) is 20.0. The molecule has 4 rings (SSSR count). The number of rotatable bonds is 3. The molecule has 1 saturated heterocycles. The number of hydrogen-bond donors (Lipinski definition) is 0. The van der Waals surface area contributed by atoms with Crippen LogP contribution < -0.4 is 5.46 Å². The maximum atomic E-state index is 14.8. The average Bonchev–Trinajstić information content (AvgIpc) is 3.03. The molecule has 1 fully saturated rings. The van der Waals surface area contributed by atoms with Crippen molar-refractivity contribution in [3.63, 3.8) is 0 Å². The molecule has 0 N–H and O–H groups in total. The predicted octanol–water partition coefficient (Wildman–Crippen LogP) is 3.42. The topological polar surface area (TPSA) is 38.8 Å². The van der Waals surface area contributed by atoms with Gasteiger partial charge in [0.1, 0.15) is 11.6 Å². The van der Waals surface area contributed by atoms with Crippen molar-refractivity contribution in [1.82, 2.24) is 4.90 Å². The maximum Gasteiger partial charge on any atom is 0.494 e. The Kier molecular flexibility index (Phi) is 4.36. The lowest BCUT2D eigenvalue weighted by Crippen LogP contribution is -2.41. The number of fused-ring (bicyclic) bond motifs is 1. The van der Waals surface area contributed by atoms with Crippen molar-refractivity contribution in [2.45, 2.75) is 52.0 Å². The fourth-order valence-corrected chi connectivity index (χ4v) is 3.53. The minimum absolute atomic E-state index is 0.0719. The van der Waals surface area contributed by atoms with E-state index in [1.54, 1.807) is 24.3 Å². The molecular weight excluding hydrogens is 363 g/mol. The third-order valence-corrected chi connectivity index (χ3v) is 5.93. The lowest BCUT2D eigenvalue weighted by atomic mass is 9.78. The highest BCUT2D eigenvalue weighted by molar-refractivity contribution is 6.62. The molecular formula is C21H22BF2NO3. The van der Waals surface area contributed by atoms with Crippen LogP contribution in [0.3, 0.4) is 0 Å². The predicted molar refractivity (Wildman–Crippen MR) is 102 cm³/mol. The van der Waals surface area contributed by atoms with Crippen LogP contribution in [-0.4, -0.2) is 29.1 Å². The number of carbonyl (C=O) groups is 1. The second-order valence-corrected chi connectivity index (χ2v) is 8.37. The van der Waals surface area contributed by atoms with Gasteiger partial charge in [-0.25, -0.2) is 8.78 Å². The van der Waals surface area contributed by atoms with E-state index in [4.69, 9.17) is 9.31 Å². The molecule has 0 aliphatic carbocycles. The quantitative estimate of drug-likeness (QED) is 0.761. The van der Waals surface area contributed by atoms with Gasteiger partial charge in [-0.15, -0.1) is 0 Å². The Morgan fingerprint density at radius 1 is 1.04 bits per heavy atom. The Bertz CT molecular complexity index is 945. The molecule has 2 aliphatic heterocycles. The summed E-state index contributed by atoms with van der Waals surface area (Å²) in [6.45, 7) is 8.09. The van der Waals surface area contributed by atoms with E-state index in [9.17, 15) is 13.6 Å². The zero-order valence-corrected chi connectivity index (χ0v) is 16.4. The minimum Gasteiger partial charge on any atom is -0.399 e. The van der Waals surface area contributed by atoms with Crippen molar-refractivity contribution in [2.75, 3.05) is 0 Å². The van der Waals surface area contributed by atoms with Crippen LogP contribution >= 0.6 is 0 Å². The van der Waals surface area contributed by atoms with Gasteiger partial charge >= 0.3 is 7.12 Å². The fraction of sp³-hybridized carbons (Fsp3) is 0.381. The van der Waals surface area contributed by atoms with Crippen LogP contribution in [0.1, 0.15) is 49.2 Å². The zero-order chi connectivity index (χ0) is 20.3. The first kappa shape index (κ1) is 19.1. The van der Waals surface area contributed by atoms with Gasteiger partial charge in [-0.3, -0.25) is 4.79 Å². The molecule has 2 aliphatic rings. The van der Waals surface area contributed by atoms with E-state index < -0.39 is 35.9 Å². The molecule has 4 nitrogen and oxygen atoms in total. The lowest BCUT2D eigenvalue weighted by molar-refractivity contribution is 0.00578. The van der Waals surface area contributed by atoms with Gasteiger partial charge in [0, 0.05) is 18.7 Å². The van der Waals surface area contributed by atoms with E-state index in [2.05, 4.69) is 0 Å². The molecule has 0 aromatic heterocycles. The van der Waals surface area contributed by atoms with Gasteiger partial charge in [-0.1, -0.05) is 24.3 Å². The standard InChI is InChI=1S/C21H22BF2NO3/c1-20(2)21(3,4)28-22(27-20)15-9-8-13(17(24)10-15)11-25-12-14-6-5-7-16(23)18(14)19(25)26/h5-10H,11-12H2,1-4H3. The molecule has 2 aromatic rings. The SMILES string of the molecule is CC1(C)OB(c2ccc(CN3Cc4cccc(F)c4C3=O)c(F)c2)OC1(C)C. The smallest absolute Gasteiger partial charge is 0.399 e. The van der Waals surface area contributed by atoms with Crippen LogP contribution in [0.15, 0.2) is 36.4 Å². The summed E-state index contributed by atoms with van der Waals surface area (Å²) in [5.41, 5.74) is 0.634. The Labute approximate surface area is 163 Å². The first-order valence-electron chi connectivity index (χ1n) is 9.30. The van der Waals surface area contributed by atoms with Crippen molar-refractivity contribution in [3.8, 4) is 0 Å². The van der Waals surface area contributed by atoms with Crippen molar-refractivity contribution >= 4 is 18.5 Å². The lowest BCUT2D eigenvalue weighted by Gasteiger charge is -2.32. The summed E-state index contributed by atoms with van der Waals surface area (Å²) in [4.78, 5) is 13.9. The highest BCUT2D eigenvalue weighted by Crippen LogP contribution is 2.36. The highest BCUT2D eigenvalue weighted by Gasteiger charge is 2.51. The van der Waals surface area contributed by atoms with Gasteiger partial charge in [0.25, 0.3) is 5.91 Å². The van der Waals surface area contributed by atoms with E-state index >= 15 is 0 Å². The van der Waals surface area contributed by atoms with E-state index in [1.807, 2.05) is 27.7 Å². The van der Waals surface area contributed by atoms with Gasteiger partial charge < -0.3 is 14.2 Å². The first-order valence-corrected chi connectivity index (χ1v) is 9.30. The average molecular weight is 385 g/mol. The Morgan fingerprint density at radius 2 is 1.71 bits per heavy atom. The number of nitrogens with zero attached hydrogens (tertiary/aromatic N) is 1. The molecule has 0 bridgehead atoms. The summed E-state index contributed by atoms with van der Waals surface area (Å²) in [6.07, 6.45) is 0. The Balaban J connectivity index is 1.53. The number of amides is 1. The Morgan fingerprint density at radius 3 is 2.32 bits per heavy atom. The van der Waals surface area contributed by atoms with Crippen molar-refractivity contribution in [3.05, 3.63) is 64.7 Å². The second-order valence-electron chi connectivity index (χ2n) is 8.37. The number of hydrogen-bond acceptors (Lipinski definition) is 3. The summed E-state index contributed by atoms with van der Waals surface area (Å²) in [7, 11) is -0.652. The van der Waals surface area contributed by atoms with Gasteiger partial charge in [0.2, 0.25) is 0 Å². The Hall–Kier alpha value is -2.25. The summed E-state index contributed by atoms with van der Waals surface area (Å²) >= 11 is 0. The molecule has 2 heterocycles. The van der Waals surface area contributed by atoms with Crippen molar-refractivity contribution in [2.24, 2.45) is 0 Å². The van der Waals surface area contributed by atoms with Gasteiger partial charge in [0.15, 0.2) is 0 Å². The second kappa shape index (κ2) is 6.39. The van der Waals surface area contributed by atoms with E-state index in [0.717, 1.165) is 0 Å². The number of halogens is 2. The highest BCUT2D eigenvalue weighted by atomic mass is 19.1. The minimum atomic E-state index is -0.652.